The lowest BCUT2D eigenvalue weighted by molar-refractivity contribution is 0.232. The highest BCUT2D eigenvalue weighted by atomic mass is 16.2. The van der Waals surface area contributed by atoms with E-state index in [4.69, 9.17) is 0 Å². The van der Waals surface area contributed by atoms with E-state index in [1.54, 1.807) is 6.08 Å². The summed E-state index contributed by atoms with van der Waals surface area (Å²) in [7, 11) is 0. The maximum Gasteiger partial charge on any atom is 0.101 e. The van der Waals surface area contributed by atoms with Crippen molar-refractivity contribution in [2.24, 2.45) is 0 Å². The smallest absolute Gasteiger partial charge is 0.101 e. The maximum absolute atomic E-state index is 9.99. The van der Waals surface area contributed by atoms with Gasteiger partial charge in [0.2, 0.25) is 0 Å². The minimum atomic E-state index is -0.205. The van der Waals surface area contributed by atoms with Gasteiger partial charge in [0.15, 0.2) is 0 Å². The molecule has 0 heterocycles. The third kappa shape index (κ3) is 3.05. The summed E-state index contributed by atoms with van der Waals surface area (Å²) in [5.41, 5.74) is 0.966. The Morgan fingerprint density at radius 2 is 2.00 bits per heavy atom. The zero-order chi connectivity index (χ0) is 8.65. The van der Waals surface area contributed by atoms with E-state index < -0.39 is 0 Å². The molecule has 59 valence electrons. The van der Waals surface area contributed by atoms with E-state index in [-0.39, 0.29) is 6.61 Å². The second-order valence-electron chi connectivity index (χ2n) is 2.20. The molecule has 1 aromatic carbocycles. The molecule has 0 aliphatic carbocycles. The molecule has 0 aliphatic rings. The van der Waals surface area contributed by atoms with Crippen molar-refractivity contribution in [2.75, 3.05) is 6.61 Å². The molecule has 1 nitrogen and oxygen atoms in total. The fourth-order valence-electron chi connectivity index (χ4n) is 0.754. The quantitative estimate of drug-likeness (QED) is 0.556. The molecule has 0 saturated heterocycles. The minimum Gasteiger partial charge on any atom is -0.232 e. The van der Waals surface area contributed by atoms with Gasteiger partial charge in [-0.15, -0.1) is 0 Å². The Bertz CT molecular complexity index is 301. The third-order valence-electron chi connectivity index (χ3n) is 1.29. The molecular weight excluding hydrogens is 148 g/mol. The summed E-state index contributed by atoms with van der Waals surface area (Å²) in [6.07, 6.45) is 3.08. The molecule has 0 amide bonds. The topological polar surface area (TPSA) is 19.9 Å². The fourth-order valence-corrected chi connectivity index (χ4v) is 0.754. The molecule has 0 N–H and O–H groups in total. The van der Waals surface area contributed by atoms with Crippen LogP contribution >= 0.6 is 0 Å². The zero-order valence-corrected chi connectivity index (χ0v) is 6.66. The molecule has 0 aliphatic heterocycles. The summed E-state index contributed by atoms with van der Waals surface area (Å²) in [5, 5.41) is 9.99. The lowest BCUT2D eigenvalue weighted by atomic mass is 10.2. The molecule has 0 bridgehead atoms. The molecule has 1 heteroatoms. The zero-order valence-electron chi connectivity index (χ0n) is 6.66. The van der Waals surface area contributed by atoms with Gasteiger partial charge in [-0.05, 0) is 24.3 Å². The van der Waals surface area contributed by atoms with Crippen molar-refractivity contribution < 1.29 is 5.11 Å². The summed E-state index contributed by atoms with van der Waals surface area (Å²) in [4.78, 5) is 0. The van der Waals surface area contributed by atoms with Gasteiger partial charge in [-0.1, -0.05) is 30.0 Å². The first-order chi connectivity index (χ1) is 5.93. The van der Waals surface area contributed by atoms with Crippen molar-refractivity contribution in [3.63, 3.8) is 0 Å². The van der Waals surface area contributed by atoms with E-state index >= 15 is 0 Å². The molecule has 0 fully saturated rings. The van der Waals surface area contributed by atoms with Gasteiger partial charge in [0.25, 0.3) is 0 Å². The van der Waals surface area contributed by atoms with E-state index in [0.29, 0.717) is 0 Å². The molecule has 0 spiro atoms. The van der Waals surface area contributed by atoms with Crippen molar-refractivity contribution in [3.8, 4) is 11.8 Å². The molecule has 0 saturated carbocycles. The molecule has 1 radical (unpaired) electrons. The highest BCUT2D eigenvalue weighted by Crippen LogP contribution is 1.94. The number of rotatable bonds is 1. The van der Waals surface area contributed by atoms with Crippen molar-refractivity contribution in [1.29, 1.82) is 0 Å². The van der Waals surface area contributed by atoms with Crippen LogP contribution in [0.5, 0.6) is 0 Å². The molecule has 1 rings (SSSR count). The summed E-state index contributed by atoms with van der Waals surface area (Å²) in [6, 6.07) is 9.66. The van der Waals surface area contributed by atoms with Crippen molar-refractivity contribution in [1.82, 2.24) is 0 Å². The van der Waals surface area contributed by atoms with Crippen LogP contribution in [0.4, 0.5) is 0 Å². The standard InChI is InChI=1S/C11H9O/c12-10-6-2-5-9-11-7-3-1-4-8-11/h1-4,6-8H,10H2/b6-2+. The minimum absolute atomic E-state index is 0.205. The van der Waals surface area contributed by atoms with Crippen LogP contribution in [0.25, 0.3) is 0 Å². The largest absolute Gasteiger partial charge is 0.232 e. The predicted molar refractivity (Wildman–Crippen MR) is 48.0 cm³/mol. The molecule has 12 heavy (non-hydrogen) atoms. The third-order valence-corrected chi connectivity index (χ3v) is 1.29. The van der Waals surface area contributed by atoms with E-state index in [1.807, 2.05) is 30.3 Å². The Morgan fingerprint density at radius 3 is 2.67 bits per heavy atom. The van der Waals surface area contributed by atoms with Gasteiger partial charge in [0, 0.05) is 5.56 Å². The van der Waals surface area contributed by atoms with Gasteiger partial charge in [-0.3, -0.25) is 0 Å². The first-order valence-electron chi connectivity index (χ1n) is 3.73. The van der Waals surface area contributed by atoms with Crippen LogP contribution in [0.1, 0.15) is 5.56 Å². The van der Waals surface area contributed by atoms with Crippen molar-refractivity contribution in [2.45, 2.75) is 0 Å². The first kappa shape index (κ1) is 8.58. The van der Waals surface area contributed by atoms with Gasteiger partial charge in [0.05, 0.1) is 0 Å². The Kier molecular flexibility index (Phi) is 3.70. The number of benzene rings is 1. The van der Waals surface area contributed by atoms with Crippen LogP contribution in [0.3, 0.4) is 0 Å². The van der Waals surface area contributed by atoms with Gasteiger partial charge < -0.3 is 0 Å². The van der Waals surface area contributed by atoms with Gasteiger partial charge >= 0.3 is 0 Å². The van der Waals surface area contributed by atoms with Gasteiger partial charge in [-0.25, -0.2) is 5.11 Å². The highest BCUT2D eigenvalue weighted by molar-refractivity contribution is 5.36. The number of hydrogen-bond acceptors (Lipinski definition) is 0. The van der Waals surface area contributed by atoms with Crippen LogP contribution < -0.4 is 0 Å². The van der Waals surface area contributed by atoms with Crippen molar-refractivity contribution >= 4 is 0 Å². The highest BCUT2D eigenvalue weighted by Gasteiger charge is 1.78. The molecular formula is C11H9O. The Morgan fingerprint density at radius 1 is 1.25 bits per heavy atom. The summed E-state index contributed by atoms with van der Waals surface area (Å²) in [5.74, 6) is 5.68. The van der Waals surface area contributed by atoms with Crippen LogP contribution in [-0.4, -0.2) is 6.61 Å². The van der Waals surface area contributed by atoms with E-state index in [9.17, 15) is 5.11 Å². The van der Waals surface area contributed by atoms with E-state index in [2.05, 4.69) is 11.8 Å². The number of allylic oxidation sites excluding steroid dienone is 1. The fraction of sp³-hybridized carbons (Fsp3) is 0.0909. The van der Waals surface area contributed by atoms with E-state index in [0.717, 1.165) is 5.56 Å². The Hall–Kier alpha value is -1.52. The van der Waals surface area contributed by atoms with Crippen molar-refractivity contribution in [3.05, 3.63) is 48.0 Å². The second kappa shape index (κ2) is 5.17. The lowest BCUT2D eigenvalue weighted by Crippen LogP contribution is -1.69. The first-order valence-corrected chi connectivity index (χ1v) is 3.73. The predicted octanol–water partition coefficient (Wildman–Crippen LogP) is 2.02. The Balaban J connectivity index is 2.61. The SMILES string of the molecule is [O]C/C=C/C#Cc1ccccc1. The average molecular weight is 157 g/mol. The summed E-state index contributed by atoms with van der Waals surface area (Å²) in [6.45, 7) is -0.205. The van der Waals surface area contributed by atoms with Crippen LogP contribution in [0.2, 0.25) is 0 Å². The molecule has 0 atom stereocenters. The Labute approximate surface area is 72.4 Å². The lowest BCUT2D eigenvalue weighted by Gasteiger charge is -1.84. The monoisotopic (exact) mass is 157 g/mol. The molecule has 0 aromatic heterocycles. The van der Waals surface area contributed by atoms with Crippen LogP contribution in [0.15, 0.2) is 42.5 Å². The number of hydrogen-bond donors (Lipinski definition) is 0. The van der Waals surface area contributed by atoms with Crippen LogP contribution in [-0.2, 0) is 5.11 Å². The average Bonchev–Trinajstić information content (AvgIpc) is 2.14. The van der Waals surface area contributed by atoms with Gasteiger partial charge in [0.1, 0.15) is 6.61 Å². The second-order valence-corrected chi connectivity index (χ2v) is 2.20. The van der Waals surface area contributed by atoms with E-state index in [1.165, 1.54) is 6.08 Å². The molecule has 0 unspecified atom stereocenters. The maximum atomic E-state index is 9.99. The van der Waals surface area contributed by atoms with Crippen LogP contribution in [0, 0.1) is 11.8 Å². The summed E-state index contributed by atoms with van der Waals surface area (Å²) >= 11 is 0. The summed E-state index contributed by atoms with van der Waals surface area (Å²) < 4.78 is 0. The molecule has 1 aromatic rings. The van der Waals surface area contributed by atoms with Gasteiger partial charge in [-0.2, -0.15) is 0 Å². The normalized spacial score (nSPS) is 9.42.